The second-order valence-corrected chi connectivity index (χ2v) is 4.75. The highest BCUT2D eigenvalue weighted by atomic mass is 35.5. The van der Waals surface area contributed by atoms with Crippen LogP contribution in [-0.4, -0.2) is 33.2 Å². The summed E-state index contributed by atoms with van der Waals surface area (Å²) < 4.78 is 13.8. The lowest BCUT2D eigenvalue weighted by molar-refractivity contribution is -0.880. The zero-order chi connectivity index (χ0) is 12.4. The molecule has 0 spiro atoms. The third kappa shape index (κ3) is 2.51. The minimum Gasteiger partial charge on any atom is -0.358 e. The number of benzene rings is 1. The molecule has 0 amide bonds. The van der Waals surface area contributed by atoms with Gasteiger partial charge in [-0.2, -0.15) is 5.26 Å². The molecule has 0 saturated carbocycles. The molecule has 3 nitrogen and oxygen atoms in total. The van der Waals surface area contributed by atoms with Crippen molar-refractivity contribution < 1.29 is 9.29 Å². The van der Waals surface area contributed by atoms with Gasteiger partial charge in [-0.25, -0.2) is 4.39 Å². The van der Waals surface area contributed by atoms with Crippen molar-refractivity contribution in [2.24, 2.45) is 0 Å². The van der Waals surface area contributed by atoms with Gasteiger partial charge in [0.25, 0.3) is 0 Å². The van der Waals surface area contributed by atoms with Crippen LogP contribution in [0.5, 0.6) is 0 Å². The summed E-state index contributed by atoms with van der Waals surface area (Å²) in [6.07, 6.45) is 0. The highest BCUT2D eigenvalue weighted by molar-refractivity contribution is 6.32. The Hall–Kier alpha value is -1.31. The van der Waals surface area contributed by atoms with Crippen molar-refractivity contribution in [1.82, 2.24) is 0 Å². The van der Waals surface area contributed by atoms with Crippen LogP contribution in [0.1, 0.15) is 5.56 Å². The molecule has 0 aliphatic carbocycles. The highest BCUT2D eigenvalue weighted by Crippen LogP contribution is 2.26. The zero-order valence-electron chi connectivity index (χ0n) is 9.63. The average Bonchev–Trinajstić information content (AvgIpc) is 2.33. The van der Waals surface area contributed by atoms with E-state index in [2.05, 4.69) is 7.05 Å². The number of nitriles is 1. The molecule has 90 valence electrons. The van der Waals surface area contributed by atoms with Gasteiger partial charge in [0.1, 0.15) is 11.9 Å². The van der Waals surface area contributed by atoms with E-state index in [1.807, 2.05) is 11.0 Å². The summed E-state index contributed by atoms with van der Waals surface area (Å²) in [5.41, 5.74) is 0.689. The maximum atomic E-state index is 13.8. The van der Waals surface area contributed by atoms with Gasteiger partial charge in [0.05, 0.1) is 49.5 Å². The Balaban J connectivity index is 2.27. The first kappa shape index (κ1) is 12.2. The van der Waals surface area contributed by atoms with Gasteiger partial charge < -0.3 is 9.80 Å². The van der Waals surface area contributed by atoms with E-state index in [1.165, 1.54) is 11.0 Å². The largest absolute Gasteiger partial charge is 0.358 e. The summed E-state index contributed by atoms with van der Waals surface area (Å²) in [7, 11) is 2.12. The van der Waals surface area contributed by atoms with Crippen LogP contribution in [0.15, 0.2) is 12.1 Å². The van der Waals surface area contributed by atoms with Crippen LogP contribution in [0.25, 0.3) is 0 Å². The maximum Gasteiger partial charge on any atom is 0.147 e. The van der Waals surface area contributed by atoms with E-state index < -0.39 is 0 Å². The van der Waals surface area contributed by atoms with E-state index in [1.54, 1.807) is 6.07 Å². The van der Waals surface area contributed by atoms with Gasteiger partial charge in [-0.05, 0) is 12.1 Å². The summed E-state index contributed by atoms with van der Waals surface area (Å²) in [5, 5.41) is 9.08. The number of likely N-dealkylation sites (N-methyl/N-ethyl adjacent to an activating group) is 1. The van der Waals surface area contributed by atoms with Crippen molar-refractivity contribution >= 4 is 17.3 Å². The number of anilines is 1. The van der Waals surface area contributed by atoms with Crippen molar-refractivity contribution in [2.75, 3.05) is 38.1 Å². The molecule has 5 heteroatoms. The van der Waals surface area contributed by atoms with Crippen LogP contribution in [0.3, 0.4) is 0 Å². The van der Waals surface area contributed by atoms with Crippen LogP contribution in [-0.2, 0) is 0 Å². The van der Waals surface area contributed by atoms with Gasteiger partial charge >= 0.3 is 0 Å². The molecule has 1 aromatic rings. The lowest BCUT2D eigenvalue weighted by atomic mass is 10.2. The van der Waals surface area contributed by atoms with Crippen LogP contribution >= 0.6 is 11.6 Å². The summed E-state index contributed by atoms with van der Waals surface area (Å²) in [6, 6.07) is 4.64. The summed E-state index contributed by atoms with van der Waals surface area (Å²) >= 11 is 5.93. The second kappa shape index (κ2) is 4.91. The Kier molecular flexibility index (Phi) is 3.51. The smallest absolute Gasteiger partial charge is 0.147 e. The molecular formula is C12H14ClFN3+. The predicted octanol–water partition coefficient (Wildman–Crippen LogP) is 0.685. The van der Waals surface area contributed by atoms with Crippen molar-refractivity contribution in [1.29, 1.82) is 5.26 Å². The fourth-order valence-corrected chi connectivity index (χ4v) is 2.19. The molecule has 0 atom stereocenters. The fourth-order valence-electron chi connectivity index (χ4n) is 1.99. The van der Waals surface area contributed by atoms with Crippen molar-refractivity contribution in [3.05, 3.63) is 28.5 Å². The normalized spacial score (nSPS) is 16.9. The average molecular weight is 255 g/mol. The summed E-state index contributed by atoms with van der Waals surface area (Å²) in [6.45, 7) is 3.59. The van der Waals surface area contributed by atoms with Crippen LogP contribution in [0.2, 0.25) is 5.02 Å². The molecule has 17 heavy (non-hydrogen) atoms. The molecule has 1 aromatic carbocycles. The van der Waals surface area contributed by atoms with Gasteiger partial charge in [0.15, 0.2) is 0 Å². The van der Waals surface area contributed by atoms with Gasteiger partial charge in [-0.15, -0.1) is 0 Å². The Morgan fingerprint density at radius 3 is 2.65 bits per heavy atom. The molecule has 1 fully saturated rings. The van der Waals surface area contributed by atoms with Crippen molar-refractivity contribution in [2.45, 2.75) is 0 Å². The molecule has 1 aliphatic rings. The molecule has 0 unspecified atom stereocenters. The Labute approximate surface area is 105 Å². The highest BCUT2D eigenvalue weighted by Gasteiger charge is 2.20. The van der Waals surface area contributed by atoms with E-state index in [-0.39, 0.29) is 11.4 Å². The molecule has 1 aliphatic heterocycles. The number of rotatable bonds is 1. The molecule has 1 N–H and O–H groups in total. The van der Waals surface area contributed by atoms with Crippen LogP contribution < -0.4 is 9.80 Å². The minimum atomic E-state index is -0.370. The molecule has 1 heterocycles. The number of hydrogen-bond donors (Lipinski definition) is 1. The molecule has 0 aromatic heterocycles. The first-order chi connectivity index (χ1) is 8.11. The van der Waals surface area contributed by atoms with Crippen molar-refractivity contribution in [3.8, 4) is 6.07 Å². The Morgan fingerprint density at radius 2 is 2.06 bits per heavy atom. The number of nitrogens with one attached hydrogen (secondary N) is 1. The zero-order valence-corrected chi connectivity index (χ0v) is 10.4. The Morgan fingerprint density at radius 1 is 1.41 bits per heavy atom. The standard InChI is InChI=1S/C12H13ClFN3/c1-16-2-4-17(5-3-16)12-7-10(13)9(8-15)6-11(12)14/h6-7H,2-5H2,1H3/p+1. The van der Waals surface area contributed by atoms with E-state index in [0.717, 1.165) is 26.2 Å². The van der Waals surface area contributed by atoms with E-state index in [4.69, 9.17) is 16.9 Å². The summed E-state index contributed by atoms with van der Waals surface area (Å²) in [4.78, 5) is 3.43. The van der Waals surface area contributed by atoms with Crippen molar-refractivity contribution in [3.63, 3.8) is 0 Å². The molecule has 2 rings (SSSR count). The predicted molar refractivity (Wildman–Crippen MR) is 65.0 cm³/mol. The van der Waals surface area contributed by atoms with Crippen LogP contribution in [0, 0.1) is 17.1 Å². The molecule has 0 radical (unpaired) electrons. The number of nitrogens with zero attached hydrogens (tertiary/aromatic N) is 2. The number of halogens is 2. The summed E-state index contributed by atoms with van der Waals surface area (Å²) in [5.74, 6) is -0.370. The molecular weight excluding hydrogens is 241 g/mol. The van der Waals surface area contributed by atoms with Gasteiger partial charge in [0.2, 0.25) is 0 Å². The molecule has 0 bridgehead atoms. The third-order valence-corrected chi connectivity index (χ3v) is 3.43. The minimum absolute atomic E-state index is 0.188. The SMILES string of the molecule is C[NH+]1CCN(c2cc(Cl)c(C#N)cc2F)CC1. The fraction of sp³-hybridized carbons (Fsp3) is 0.417. The van der Waals surface area contributed by atoms with Crippen LogP contribution in [0.4, 0.5) is 10.1 Å². The molecule has 1 saturated heterocycles. The van der Waals surface area contributed by atoms with Gasteiger partial charge in [0, 0.05) is 0 Å². The number of hydrogen-bond acceptors (Lipinski definition) is 2. The first-order valence-corrected chi connectivity index (χ1v) is 5.95. The van der Waals surface area contributed by atoms with E-state index >= 15 is 0 Å². The van der Waals surface area contributed by atoms with Gasteiger partial charge in [-0.1, -0.05) is 11.6 Å². The quantitative estimate of drug-likeness (QED) is 0.800. The second-order valence-electron chi connectivity index (χ2n) is 4.34. The third-order valence-electron chi connectivity index (χ3n) is 3.11. The number of piperazine rings is 1. The monoisotopic (exact) mass is 254 g/mol. The van der Waals surface area contributed by atoms with Gasteiger partial charge in [-0.3, -0.25) is 0 Å². The van der Waals surface area contributed by atoms with E-state index in [9.17, 15) is 4.39 Å². The lowest BCUT2D eigenvalue weighted by Crippen LogP contribution is -3.12. The maximum absolute atomic E-state index is 13.8. The number of quaternary nitrogens is 1. The first-order valence-electron chi connectivity index (χ1n) is 5.57. The van der Waals surface area contributed by atoms with E-state index in [0.29, 0.717) is 10.7 Å². The Bertz CT molecular complexity index is 462. The topological polar surface area (TPSA) is 31.5 Å². The lowest BCUT2D eigenvalue weighted by Gasteiger charge is -2.32.